The number of fused-ring (bicyclic) bond motifs is 1. The zero-order valence-electron chi connectivity index (χ0n) is 22.3. The van der Waals surface area contributed by atoms with E-state index in [1.165, 1.54) is 12.1 Å². The Bertz CT molecular complexity index is 1540. The highest BCUT2D eigenvalue weighted by Crippen LogP contribution is 2.32. The summed E-state index contributed by atoms with van der Waals surface area (Å²) in [4.78, 5) is 31.8. The van der Waals surface area contributed by atoms with E-state index in [4.69, 9.17) is 0 Å². The van der Waals surface area contributed by atoms with Gasteiger partial charge in [0.2, 0.25) is 0 Å². The Morgan fingerprint density at radius 2 is 1.66 bits per heavy atom. The van der Waals surface area contributed by atoms with Gasteiger partial charge in [0.05, 0.1) is 16.0 Å². The van der Waals surface area contributed by atoms with Crippen LogP contribution in [0, 0.1) is 24.0 Å². The van der Waals surface area contributed by atoms with Gasteiger partial charge in [-0.05, 0) is 74.4 Å². The molecule has 0 saturated carbocycles. The van der Waals surface area contributed by atoms with Crippen LogP contribution in [-0.4, -0.2) is 61.2 Å². The van der Waals surface area contributed by atoms with E-state index in [-0.39, 0.29) is 16.8 Å². The highest BCUT2D eigenvalue weighted by atomic mass is 16.6. The minimum atomic E-state index is -0.448. The number of benzene rings is 2. The van der Waals surface area contributed by atoms with Crippen molar-refractivity contribution in [1.82, 2.24) is 30.1 Å². The molecule has 2 aromatic carbocycles. The normalized spacial score (nSPS) is 15.7. The van der Waals surface area contributed by atoms with Crippen LogP contribution in [0.15, 0.2) is 47.3 Å². The van der Waals surface area contributed by atoms with Crippen molar-refractivity contribution in [2.45, 2.75) is 46.2 Å². The highest BCUT2D eigenvalue weighted by molar-refractivity contribution is 5.85. The van der Waals surface area contributed by atoms with E-state index in [1.54, 1.807) is 16.8 Å². The Morgan fingerprint density at radius 3 is 2.29 bits per heavy atom. The quantitative estimate of drug-likeness (QED) is 0.314. The number of hydrogen-bond donors (Lipinski definition) is 1. The van der Waals surface area contributed by atoms with Gasteiger partial charge in [-0.3, -0.25) is 19.8 Å². The third kappa shape index (κ3) is 4.65. The maximum Gasteiger partial charge on any atom is 0.269 e. The second-order valence-electron chi connectivity index (χ2n) is 10.9. The van der Waals surface area contributed by atoms with E-state index in [0.29, 0.717) is 37.6 Å². The van der Waals surface area contributed by atoms with Gasteiger partial charge in [-0.15, -0.1) is 5.10 Å². The minimum Gasteiger partial charge on any atom is -0.369 e. The number of H-pyrrole nitrogens is 1. The Labute approximate surface area is 220 Å². The topological polar surface area (TPSA) is 126 Å². The Kier molecular flexibility index (Phi) is 6.47. The zero-order chi connectivity index (χ0) is 27.2. The van der Waals surface area contributed by atoms with Gasteiger partial charge >= 0.3 is 0 Å². The molecule has 198 valence electrons. The number of nitrogens with one attached hydrogen (secondary N) is 1. The number of tetrazole rings is 1. The molecule has 1 atom stereocenters. The number of aromatic nitrogens is 5. The first-order valence-corrected chi connectivity index (χ1v) is 12.7. The summed E-state index contributed by atoms with van der Waals surface area (Å²) in [5.41, 5.74) is 4.02. The summed E-state index contributed by atoms with van der Waals surface area (Å²) in [6.45, 7) is 12.8. The lowest BCUT2D eigenvalue weighted by Gasteiger charge is -2.40. The third-order valence-electron chi connectivity index (χ3n) is 7.25. The molecular formula is C27H32N8O3. The second-order valence-corrected chi connectivity index (χ2v) is 10.9. The van der Waals surface area contributed by atoms with E-state index in [1.807, 2.05) is 46.8 Å². The van der Waals surface area contributed by atoms with E-state index in [2.05, 4.69) is 36.4 Å². The first-order chi connectivity index (χ1) is 18.0. The van der Waals surface area contributed by atoms with Crippen molar-refractivity contribution in [3.05, 3.63) is 85.4 Å². The molecule has 1 aliphatic heterocycles. The number of pyridine rings is 1. The Morgan fingerprint density at radius 1 is 1.00 bits per heavy atom. The SMILES string of the molecule is Cc1ccc(C)c2[nH]c(=O)c([C@H](c3nnnn3C(C)(C)C)N3CCN(c4ccc([N+](=O)[O-])cc4)CC3)cc12. The van der Waals surface area contributed by atoms with Gasteiger partial charge in [0, 0.05) is 54.9 Å². The second kappa shape index (κ2) is 9.64. The lowest BCUT2D eigenvalue weighted by Crippen LogP contribution is -2.49. The maximum atomic E-state index is 13.6. The van der Waals surface area contributed by atoms with Crippen LogP contribution in [0.5, 0.6) is 0 Å². The fraction of sp³-hybridized carbons (Fsp3) is 0.407. The van der Waals surface area contributed by atoms with Crippen LogP contribution in [0.25, 0.3) is 10.9 Å². The number of rotatable bonds is 5. The van der Waals surface area contributed by atoms with Crippen molar-refractivity contribution in [2.24, 2.45) is 0 Å². The van der Waals surface area contributed by atoms with Gasteiger partial charge in [0.15, 0.2) is 5.82 Å². The van der Waals surface area contributed by atoms with Crippen molar-refractivity contribution in [1.29, 1.82) is 0 Å². The predicted molar refractivity (Wildman–Crippen MR) is 146 cm³/mol. The molecule has 0 bridgehead atoms. The number of piperazine rings is 1. The molecule has 1 fully saturated rings. The van der Waals surface area contributed by atoms with Gasteiger partial charge in [-0.2, -0.15) is 0 Å². The molecule has 0 unspecified atom stereocenters. The molecule has 1 N–H and O–H groups in total. The number of nitrogens with zero attached hydrogens (tertiary/aromatic N) is 7. The molecule has 11 heteroatoms. The molecule has 0 spiro atoms. The molecule has 1 saturated heterocycles. The van der Waals surface area contributed by atoms with Crippen molar-refractivity contribution in [3.8, 4) is 0 Å². The summed E-state index contributed by atoms with van der Waals surface area (Å²) in [6, 6.07) is 12.2. The molecule has 3 heterocycles. The maximum absolute atomic E-state index is 13.6. The lowest BCUT2D eigenvalue weighted by molar-refractivity contribution is -0.384. The number of non-ortho nitro benzene ring substituents is 1. The van der Waals surface area contributed by atoms with Crippen LogP contribution in [0.2, 0.25) is 0 Å². The molecule has 4 aromatic rings. The third-order valence-corrected chi connectivity index (χ3v) is 7.25. The van der Waals surface area contributed by atoms with Crippen molar-refractivity contribution in [3.63, 3.8) is 0 Å². The summed E-state index contributed by atoms with van der Waals surface area (Å²) in [7, 11) is 0. The molecule has 5 rings (SSSR count). The standard InChI is InChI=1S/C27H32N8O3/c1-17-6-7-18(2)23-21(17)16-22(26(36)28-23)24(25-29-30-31-34(25)27(3,4)5)33-14-12-32(13-15-33)19-8-10-20(11-9-19)35(37)38/h6-11,16,24H,12-15H2,1-5H3,(H,28,36)/t24-/m1/s1. The summed E-state index contributed by atoms with van der Waals surface area (Å²) in [5, 5.41) is 24.8. The summed E-state index contributed by atoms with van der Waals surface area (Å²) >= 11 is 0. The number of nitro benzene ring substituents is 1. The average Bonchev–Trinajstić information content (AvgIpc) is 3.38. The van der Waals surface area contributed by atoms with Crippen LogP contribution in [0.1, 0.15) is 49.3 Å². The molecule has 2 aromatic heterocycles. The first-order valence-electron chi connectivity index (χ1n) is 12.7. The fourth-order valence-electron chi connectivity index (χ4n) is 5.16. The largest absolute Gasteiger partial charge is 0.369 e. The highest BCUT2D eigenvalue weighted by Gasteiger charge is 2.35. The molecule has 0 amide bonds. The van der Waals surface area contributed by atoms with Gasteiger partial charge in [-0.25, -0.2) is 4.68 Å². The average molecular weight is 517 g/mol. The fourth-order valence-corrected chi connectivity index (χ4v) is 5.16. The monoisotopic (exact) mass is 516 g/mol. The molecule has 1 aliphatic rings. The van der Waals surface area contributed by atoms with Crippen molar-refractivity contribution < 1.29 is 4.92 Å². The Balaban J connectivity index is 1.54. The van der Waals surface area contributed by atoms with Crippen LogP contribution < -0.4 is 10.5 Å². The molecule has 0 radical (unpaired) electrons. The number of aromatic amines is 1. The van der Waals surface area contributed by atoms with E-state index >= 15 is 0 Å². The van der Waals surface area contributed by atoms with E-state index < -0.39 is 11.0 Å². The zero-order valence-corrected chi connectivity index (χ0v) is 22.3. The molecule has 38 heavy (non-hydrogen) atoms. The van der Waals surface area contributed by atoms with E-state index in [0.717, 1.165) is 27.7 Å². The predicted octanol–water partition coefficient (Wildman–Crippen LogP) is 3.71. The van der Waals surface area contributed by atoms with Crippen LogP contribution in [0.4, 0.5) is 11.4 Å². The summed E-state index contributed by atoms with van der Waals surface area (Å²) in [6.07, 6.45) is 0. The van der Waals surface area contributed by atoms with Gasteiger partial charge < -0.3 is 9.88 Å². The lowest BCUT2D eigenvalue weighted by atomic mass is 9.98. The summed E-state index contributed by atoms with van der Waals surface area (Å²) < 4.78 is 1.80. The number of anilines is 1. The molecular weight excluding hydrogens is 484 g/mol. The van der Waals surface area contributed by atoms with Gasteiger partial charge in [0.25, 0.3) is 11.2 Å². The number of hydrogen-bond acceptors (Lipinski definition) is 8. The van der Waals surface area contributed by atoms with Gasteiger partial charge in [-0.1, -0.05) is 12.1 Å². The summed E-state index contributed by atoms with van der Waals surface area (Å²) in [5.74, 6) is 0.622. The molecule has 11 nitrogen and oxygen atoms in total. The van der Waals surface area contributed by atoms with Gasteiger partial charge in [0.1, 0.15) is 6.04 Å². The van der Waals surface area contributed by atoms with Crippen LogP contribution in [0.3, 0.4) is 0 Å². The van der Waals surface area contributed by atoms with Crippen molar-refractivity contribution >= 4 is 22.3 Å². The van der Waals surface area contributed by atoms with Crippen LogP contribution in [-0.2, 0) is 5.54 Å². The number of aryl methyl sites for hydroxylation is 2. The minimum absolute atomic E-state index is 0.0718. The number of nitro groups is 1. The van der Waals surface area contributed by atoms with E-state index in [9.17, 15) is 14.9 Å². The van der Waals surface area contributed by atoms with Crippen LogP contribution >= 0.6 is 0 Å². The smallest absolute Gasteiger partial charge is 0.269 e. The first kappa shape index (κ1) is 25.5. The van der Waals surface area contributed by atoms with Crippen molar-refractivity contribution in [2.75, 3.05) is 31.1 Å². The molecule has 0 aliphatic carbocycles. The Hall–Kier alpha value is -4.12.